The fraction of sp³-hybridized carbons (Fsp3) is 0.500. The third kappa shape index (κ3) is 2.63. The molecule has 2 aromatic rings. The topological polar surface area (TPSA) is 15.3 Å². The number of fused-ring (bicyclic) bond motifs is 1. The number of benzene rings is 1. The average Bonchev–Trinajstić information content (AvgIpc) is 2.85. The Hall–Kier alpha value is -1.06. The molecule has 2 nitrogen and oxygen atoms in total. The van der Waals surface area contributed by atoms with Gasteiger partial charge in [0.1, 0.15) is 0 Å². The predicted octanol–water partition coefficient (Wildman–Crippen LogP) is 3.73. The van der Waals surface area contributed by atoms with E-state index in [1.54, 1.807) is 0 Å². The Morgan fingerprint density at radius 2 is 2.11 bits per heavy atom. The second kappa shape index (κ2) is 4.80. The van der Waals surface area contributed by atoms with Crippen LogP contribution in [0.1, 0.15) is 20.8 Å². The lowest BCUT2D eigenvalue weighted by Gasteiger charge is -2.41. The number of hydrogen-bond acceptors (Lipinski definition) is 3. The van der Waals surface area contributed by atoms with Crippen LogP contribution in [-0.4, -0.2) is 25.7 Å². The minimum Gasteiger partial charge on any atom is -0.369 e. The summed E-state index contributed by atoms with van der Waals surface area (Å²) in [6.07, 6.45) is 0. The van der Waals surface area contributed by atoms with Gasteiger partial charge in [0.15, 0.2) is 0 Å². The van der Waals surface area contributed by atoms with E-state index in [2.05, 4.69) is 60.6 Å². The number of thiophene rings is 1. The molecular formula is C16H22N2S. The highest BCUT2D eigenvalue weighted by molar-refractivity contribution is 7.17. The molecule has 0 aliphatic carbocycles. The maximum absolute atomic E-state index is 3.65. The molecule has 19 heavy (non-hydrogen) atoms. The van der Waals surface area contributed by atoms with Crippen LogP contribution in [0.2, 0.25) is 0 Å². The first-order valence-electron chi connectivity index (χ1n) is 7.00. The fourth-order valence-corrected chi connectivity index (χ4v) is 3.49. The Morgan fingerprint density at radius 1 is 1.26 bits per heavy atom. The zero-order valence-corrected chi connectivity index (χ0v) is 12.8. The van der Waals surface area contributed by atoms with Crippen molar-refractivity contribution in [2.24, 2.45) is 5.41 Å². The molecule has 1 aromatic heterocycles. The van der Waals surface area contributed by atoms with Gasteiger partial charge in [0.2, 0.25) is 0 Å². The summed E-state index contributed by atoms with van der Waals surface area (Å²) in [5, 5.41) is 7.19. The Kier molecular flexibility index (Phi) is 3.27. The molecule has 1 aliphatic heterocycles. The van der Waals surface area contributed by atoms with Crippen molar-refractivity contribution in [3.63, 3.8) is 0 Å². The molecule has 1 aliphatic rings. The summed E-state index contributed by atoms with van der Waals surface area (Å²) in [6, 6.07) is 9.62. The van der Waals surface area contributed by atoms with Crippen molar-refractivity contribution in [3.8, 4) is 0 Å². The summed E-state index contributed by atoms with van der Waals surface area (Å²) >= 11 is 1.82. The molecule has 102 valence electrons. The van der Waals surface area contributed by atoms with Gasteiger partial charge in [-0.3, -0.25) is 0 Å². The van der Waals surface area contributed by atoms with Crippen LogP contribution in [0.3, 0.4) is 0 Å². The quantitative estimate of drug-likeness (QED) is 0.852. The zero-order valence-electron chi connectivity index (χ0n) is 11.9. The summed E-state index contributed by atoms with van der Waals surface area (Å²) in [4.78, 5) is 2.52. The van der Waals surface area contributed by atoms with Crippen molar-refractivity contribution in [3.05, 3.63) is 29.6 Å². The van der Waals surface area contributed by atoms with E-state index < -0.39 is 0 Å². The minimum atomic E-state index is 0.311. The first-order chi connectivity index (χ1) is 9.04. The van der Waals surface area contributed by atoms with E-state index in [9.17, 15) is 0 Å². The number of piperazine rings is 1. The van der Waals surface area contributed by atoms with Crippen molar-refractivity contribution in [1.82, 2.24) is 5.32 Å². The van der Waals surface area contributed by atoms with Crippen LogP contribution in [0.4, 0.5) is 5.69 Å². The molecule has 0 bridgehead atoms. The van der Waals surface area contributed by atoms with Crippen molar-refractivity contribution >= 4 is 27.1 Å². The molecule has 1 atom stereocenters. The SMILES string of the molecule is CC(C)(C)C1CN(c2ccc3sccc3c2)CCN1. The average molecular weight is 274 g/mol. The van der Waals surface area contributed by atoms with Crippen molar-refractivity contribution in [1.29, 1.82) is 0 Å². The number of nitrogens with one attached hydrogen (secondary N) is 1. The second-order valence-electron chi connectivity index (χ2n) is 6.46. The molecule has 1 aromatic carbocycles. The van der Waals surface area contributed by atoms with Crippen LogP contribution in [-0.2, 0) is 0 Å². The molecule has 0 radical (unpaired) electrons. The molecule has 1 fully saturated rings. The van der Waals surface area contributed by atoms with Crippen LogP contribution in [0.25, 0.3) is 10.1 Å². The minimum absolute atomic E-state index is 0.311. The summed E-state index contributed by atoms with van der Waals surface area (Å²) in [5.74, 6) is 0. The molecule has 0 amide bonds. The number of anilines is 1. The zero-order chi connectivity index (χ0) is 13.5. The Morgan fingerprint density at radius 3 is 2.89 bits per heavy atom. The molecule has 3 heteroatoms. The molecule has 0 spiro atoms. The third-order valence-corrected chi connectivity index (χ3v) is 4.92. The largest absolute Gasteiger partial charge is 0.369 e. The van der Waals surface area contributed by atoms with Gasteiger partial charge in [0, 0.05) is 36.1 Å². The Balaban J connectivity index is 1.84. The summed E-state index contributed by atoms with van der Waals surface area (Å²) in [5.41, 5.74) is 1.67. The molecule has 3 rings (SSSR count). The van der Waals surface area contributed by atoms with Crippen LogP contribution in [0.15, 0.2) is 29.6 Å². The van der Waals surface area contributed by atoms with Gasteiger partial charge < -0.3 is 10.2 Å². The highest BCUT2D eigenvalue weighted by Gasteiger charge is 2.29. The first kappa shape index (κ1) is 12.9. The Labute approximate surface area is 119 Å². The maximum Gasteiger partial charge on any atom is 0.0374 e. The van der Waals surface area contributed by atoms with Crippen LogP contribution in [0.5, 0.6) is 0 Å². The standard InChI is InChI=1S/C16H22N2S/c1-16(2,3)15-11-18(8-7-17-15)13-4-5-14-12(10-13)6-9-19-14/h4-6,9-10,15,17H,7-8,11H2,1-3H3. The van der Waals surface area contributed by atoms with E-state index in [-0.39, 0.29) is 0 Å². The fourth-order valence-electron chi connectivity index (χ4n) is 2.72. The van der Waals surface area contributed by atoms with Gasteiger partial charge in [-0.05, 0) is 40.4 Å². The number of rotatable bonds is 1. The van der Waals surface area contributed by atoms with E-state index in [1.165, 1.54) is 15.8 Å². The summed E-state index contributed by atoms with van der Waals surface area (Å²) in [7, 11) is 0. The number of hydrogen-bond donors (Lipinski definition) is 1. The smallest absolute Gasteiger partial charge is 0.0374 e. The number of nitrogens with zero attached hydrogens (tertiary/aromatic N) is 1. The van der Waals surface area contributed by atoms with E-state index in [0.717, 1.165) is 19.6 Å². The van der Waals surface area contributed by atoms with Crippen molar-refractivity contribution in [2.75, 3.05) is 24.5 Å². The van der Waals surface area contributed by atoms with Crippen molar-refractivity contribution < 1.29 is 0 Å². The van der Waals surface area contributed by atoms with Gasteiger partial charge in [-0.2, -0.15) is 0 Å². The van der Waals surface area contributed by atoms with Gasteiger partial charge in [-0.25, -0.2) is 0 Å². The van der Waals surface area contributed by atoms with E-state index >= 15 is 0 Å². The van der Waals surface area contributed by atoms with Crippen LogP contribution >= 0.6 is 11.3 Å². The van der Waals surface area contributed by atoms with Gasteiger partial charge in [-0.15, -0.1) is 11.3 Å². The molecule has 2 heterocycles. The van der Waals surface area contributed by atoms with E-state index in [1.807, 2.05) is 11.3 Å². The highest BCUT2D eigenvalue weighted by Crippen LogP contribution is 2.29. The third-order valence-electron chi connectivity index (χ3n) is 4.02. The van der Waals surface area contributed by atoms with Crippen molar-refractivity contribution in [2.45, 2.75) is 26.8 Å². The predicted molar refractivity (Wildman–Crippen MR) is 85.3 cm³/mol. The summed E-state index contributed by atoms with van der Waals surface area (Å²) in [6.45, 7) is 10.2. The second-order valence-corrected chi connectivity index (χ2v) is 7.41. The van der Waals surface area contributed by atoms with Gasteiger partial charge in [0.05, 0.1) is 0 Å². The maximum atomic E-state index is 3.65. The lowest BCUT2D eigenvalue weighted by molar-refractivity contribution is 0.254. The highest BCUT2D eigenvalue weighted by atomic mass is 32.1. The Bertz CT molecular complexity index is 567. The van der Waals surface area contributed by atoms with Gasteiger partial charge in [0.25, 0.3) is 0 Å². The first-order valence-corrected chi connectivity index (χ1v) is 7.87. The van der Waals surface area contributed by atoms with Crippen LogP contribution < -0.4 is 10.2 Å². The van der Waals surface area contributed by atoms with E-state index in [0.29, 0.717) is 11.5 Å². The molecule has 1 unspecified atom stereocenters. The van der Waals surface area contributed by atoms with Gasteiger partial charge >= 0.3 is 0 Å². The normalized spacial score (nSPS) is 21.0. The summed E-state index contributed by atoms with van der Waals surface area (Å²) < 4.78 is 1.38. The van der Waals surface area contributed by atoms with Gasteiger partial charge in [-0.1, -0.05) is 20.8 Å². The molecular weight excluding hydrogens is 252 g/mol. The van der Waals surface area contributed by atoms with E-state index in [4.69, 9.17) is 0 Å². The molecule has 1 N–H and O–H groups in total. The lowest BCUT2D eigenvalue weighted by Crippen LogP contribution is -2.56. The van der Waals surface area contributed by atoms with Crippen LogP contribution in [0, 0.1) is 5.41 Å². The molecule has 1 saturated heterocycles. The molecule has 0 saturated carbocycles. The monoisotopic (exact) mass is 274 g/mol. The lowest BCUT2D eigenvalue weighted by atomic mass is 9.85.